The first-order valence-corrected chi connectivity index (χ1v) is 4.32. The third-order valence-electron chi connectivity index (χ3n) is 2.55. The van der Waals surface area contributed by atoms with Crippen LogP contribution < -0.4 is 5.84 Å². The molecule has 0 radical (unpaired) electrons. The minimum atomic E-state index is 0.150. The standard InChI is InChI=1S/C8H16N2O/c1-6(2)7-10(9)5-8(11-7)3-4-8/h6-7H,3-5,9H2,1-2H3/t7-/m0/s1. The van der Waals surface area contributed by atoms with E-state index in [2.05, 4.69) is 13.8 Å². The van der Waals surface area contributed by atoms with Crippen molar-refractivity contribution in [2.24, 2.45) is 11.8 Å². The predicted molar refractivity (Wildman–Crippen MR) is 42.6 cm³/mol. The summed E-state index contributed by atoms with van der Waals surface area (Å²) in [5.41, 5.74) is 0.170. The van der Waals surface area contributed by atoms with Crippen molar-refractivity contribution in [1.29, 1.82) is 0 Å². The molecular formula is C8H16N2O. The second-order valence-corrected chi connectivity index (χ2v) is 4.11. The lowest BCUT2D eigenvalue weighted by Crippen LogP contribution is -2.39. The average Bonchev–Trinajstić information content (AvgIpc) is 2.54. The zero-order chi connectivity index (χ0) is 8.06. The van der Waals surface area contributed by atoms with E-state index in [9.17, 15) is 0 Å². The van der Waals surface area contributed by atoms with E-state index in [1.807, 2.05) is 5.01 Å². The van der Waals surface area contributed by atoms with Gasteiger partial charge in [-0.1, -0.05) is 13.8 Å². The Bertz CT molecular complexity index is 165. The summed E-state index contributed by atoms with van der Waals surface area (Å²) >= 11 is 0. The number of nitrogens with two attached hydrogens (primary N) is 1. The van der Waals surface area contributed by atoms with Crippen LogP contribution in [0, 0.1) is 5.92 Å². The van der Waals surface area contributed by atoms with Crippen LogP contribution in [0.25, 0.3) is 0 Å². The van der Waals surface area contributed by atoms with Gasteiger partial charge in [-0.05, 0) is 18.8 Å². The maximum absolute atomic E-state index is 5.83. The Balaban J connectivity index is 2.02. The lowest BCUT2D eigenvalue weighted by molar-refractivity contribution is -0.0396. The van der Waals surface area contributed by atoms with Crippen molar-refractivity contribution in [1.82, 2.24) is 5.01 Å². The first kappa shape index (κ1) is 7.53. The number of nitrogens with zero attached hydrogens (tertiary/aromatic N) is 1. The van der Waals surface area contributed by atoms with Crippen LogP contribution in [0.4, 0.5) is 0 Å². The van der Waals surface area contributed by atoms with E-state index in [-0.39, 0.29) is 11.8 Å². The minimum Gasteiger partial charge on any atom is -0.354 e. The quantitative estimate of drug-likeness (QED) is 0.568. The highest BCUT2D eigenvalue weighted by atomic mass is 16.6. The van der Waals surface area contributed by atoms with E-state index in [4.69, 9.17) is 10.6 Å². The number of hydrogen-bond acceptors (Lipinski definition) is 3. The van der Waals surface area contributed by atoms with Gasteiger partial charge < -0.3 is 4.74 Å². The zero-order valence-electron chi connectivity index (χ0n) is 7.21. The molecule has 64 valence electrons. The van der Waals surface area contributed by atoms with Crippen LogP contribution in [-0.2, 0) is 4.74 Å². The molecule has 1 aliphatic heterocycles. The van der Waals surface area contributed by atoms with Gasteiger partial charge in [-0.25, -0.2) is 5.01 Å². The summed E-state index contributed by atoms with van der Waals surface area (Å²) in [5, 5.41) is 1.84. The molecule has 2 rings (SSSR count). The number of hydrazine groups is 1. The Morgan fingerprint density at radius 3 is 2.45 bits per heavy atom. The highest BCUT2D eigenvalue weighted by Crippen LogP contribution is 2.46. The van der Waals surface area contributed by atoms with E-state index in [0.29, 0.717) is 5.92 Å². The van der Waals surface area contributed by atoms with Crippen molar-refractivity contribution in [2.45, 2.75) is 38.5 Å². The molecule has 3 nitrogen and oxygen atoms in total. The van der Waals surface area contributed by atoms with E-state index in [1.165, 1.54) is 12.8 Å². The van der Waals surface area contributed by atoms with Crippen LogP contribution in [-0.4, -0.2) is 23.4 Å². The van der Waals surface area contributed by atoms with Crippen molar-refractivity contribution < 1.29 is 4.74 Å². The lowest BCUT2D eigenvalue weighted by atomic mass is 10.2. The first-order valence-electron chi connectivity index (χ1n) is 4.32. The topological polar surface area (TPSA) is 38.5 Å². The molecular weight excluding hydrogens is 140 g/mol. The Kier molecular flexibility index (Phi) is 1.50. The minimum absolute atomic E-state index is 0.150. The van der Waals surface area contributed by atoms with E-state index in [0.717, 1.165) is 6.54 Å². The van der Waals surface area contributed by atoms with Crippen LogP contribution in [0.2, 0.25) is 0 Å². The first-order chi connectivity index (χ1) is 5.13. The Morgan fingerprint density at radius 1 is 1.55 bits per heavy atom. The van der Waals surface area contributed by atoms with Gasteiger partial charge in [-0.15, -0.1) is 0 Å². The third-order valence-corrected chi connectivity index (χ3v) is 2.55. The lowest BCUT2D eigenvalue weighted by Gasteiger charge is -2.20. The van der Waals surface area contributed by atoms with E-state index < -0.39 is 0 Å². The molecule has 1 heterocycles. The summed E-state index contributed by atoms with van der Waals surface area (Å²) in [6.45, 7) is 5.22. The van der Waals surface area contributed by atoms with Crippen LogP contribution in [0.3, 0.4) is 0 Å². The molecule has 11 heavy (non-hydrogen) atoms. The van der Waals surface area contributed by atoms with Gasteiger partial charge in [0.1, 0.15) is 6.23 Å². The maximum atomic E-state index is 5.83. The van der Waals surface area contributed by atoms with Crippen molar-refractivity contribution >= 4 is 0 Å². The second kappa shape index (κ2) is 2.19. The van der Waals surface area contributed by atoms with Crippen molar-refractivity contribution in [2.75, 3.05) is 6.54 Å². The highest BCUT2D eigenvalue weighted by Gasteiger charge is 2.53. The van der Waals surface area contributed by atoms with Gasteiger partial charge in [-0.2, -0.15) is 0 Å². The number of ether oxygens (including phenoxy) is 1. The number of hydrogen-bond donors (Lipinski definition) is 1. The smallest absolute Gasteiger partial charge is 0.125 e. The Morgan fingerprint density at radius 2 is 2.18 bits per heavy atom. The molecule has 2 N–H and O–H groups in total. The summed E-state index contributed by atoms with van der Waals surface area (Å²) in [6, 6.07) is 0. The molecule has 1 saturated carbocycles. The van der Waals surface area contributed by atoms with Gasteiger partial charge >= 0.3 is 0 Å². The van der Waals surface area contributed by atoms with Gasteiger partial charge in [0.2, 0.25) is 0 Å². The molecule has 2 fully saturated rings. The Labute approximate surface area is 67.5 Å². The molecule has 0 aromatic carbocycles. The molecule has 0 unspecified atom stereocenters. The van der Waals surface area contributed by atoms with Crippen molar-refractivity contribution in [3.63, 3.8) is 0 Å². The van der Waals surface area contributed by atoms with E-state index >= 15 is 0 Å². The molecule has 2 aliphatic rings. The third kappa shape index (κ3) is 1.17. The van der Waals surface area contributed by atoms with Crippen LogP contribution in [0.1, 0.15) is 26.7 Å². The fourth-order valence-corrected chi connectivity index (χ4v) is 1.72. The summed E-state index contributed by atoms with van der Waals surface area (Å²) in [6.07, 6.45) is 2.55. The molecule has 1 spiro atoms. The highest BCUT2D eigenvalue weighted by molar-refractivity contribution is 5.02. The molecule has 0 aromatic heterocycles. The molecule has 1 aliphatic carbocycles. The van der Waals surface area contributed by atoms with Crippen LogP contribution >= 0.6 is 0 Å². The summed E-state index contributed by atoms with van der Waals surface area (Å²) < 4.78 is 5.83. The number of rotatable bonds is 1. The molecule has 0 amide bonds. The Hall–Kier alpha value is -0.120. The fraction of sp³-hybridized carbons (Fsp3) is 1.00. The molecule has 1 atom stereocenters. The van der Waals surface area contributed by atoms with Gasteiger partial charge in [-0.3, -0.25) is 5.84 Å². The predicted octanol–water partition coefficient (Wildman–Crippen LogP) is 0.707. The summed E-state index contributed by atoms with van der Waals surface area (Å²) in [4.78, 5) is 0. The van der Waals surface area contributed by atoms with Crippen molar-refractivity contribution in [3.05, 3.63) is 0 Å². The maximum Gasteiger partial charge on any atom is 0.125 e. The second-order valence-electron chi connectivity index (χ2n) is 4.11. The SMILES string of the molecule is CC(C)[C@@H]1OC2(CC2)CN1N. The zero-order valence-corrected chi connectivity index (χ0v) is 7.21. The van der Waals surface area contributed by atoms with Crippen LogP contribution in [0.5, 0.6) is 0 Å². The normalized spacial score (nSPS) is 35.5. The largest absolute Gasteiger partial charge is 0.354 e. The molecule has 0 aromatic rings. The van der Waals surface area contributed by atoms with Crippen LogP contribution in [0.15, 0.2) is 0 Å². The molecule has 0 bridgehead atoms. The van der Waals surface area contributed by atoms with Gasteiger partial charge in [0.25, 0.3) is 0 Å². The summed E-state index contributed by atoms with van der Waals surface area (Å²) in [7, 11) is 0. The molecule has 3 heteroatoms. The monoisotopic (exact) mass is 156 g/mol. The average molecular weight is 156 g/mol. The van der Waals surface area contributed by atoms with E-state index in [1.54, 1.807) is 0 Å². The molecule has 1 saturated heterocycles. The summed E-state index contributed by atoms with van der Waals surface area (Å²) in [5.74, 6) is 6.30. The van der Waals surface area contributed by atoms with Gasteiger partial charge in [0.15, 0.2) is 0 Å². The fourth-order valence-electron chi connectivity index (χ4n) is 1.72. The van der Waals surface area contributed by atoms with Gasteiger partial charge in [0.05, 0.1) is 5.60 Å². The van der Waals surface area contributed by atoms with Gasteiger partial charge in [0, 0.05) is 6.54 Å². The van der Waals surface area contributed by atoms with Crippen molar-refractivity contribution in [3.8, 4) is 0 Å².